The highest BCUT2D eigenvalue weighted by Crippen LogP contribution is 2.19. The zero-order valence-corrected chi connectivity index (χ0v) is 10.3. The monoisotopic (exact) mass is 240 g/mol. The first kappa shape index (κ1) is 11.5. The van der Waals surface area contributed by atoms with Gasteiger partial charge in [-0.3, -0.25) is 4.79 Å². The van der Waals surface area contributed by atoms with E-state index in [1.807, 2.05) is 13.8 Å². The van der Waals surface area contributed by atoms with Crippen molar-refractivity contribution in [1.82, 2.24) is 20.2 Å². The molecule has 0 aliphatic carbocycles. The van der Waals surface area contributed by atoms with E-state index in [4.69, 9.17) is 0 Å². The first-order valence-electron chi connectivity index (χ1n) is 5.52. The van der Waals surface area contributed by atoms with Gasteiger partial charge in [0.2, 0.25) is 0 Å². The third-order valence-electron chi connectivity index (χ3n) is 2.66. The van der Waals surface area contributed by atoms with E-state index in [0.717, 1.165) is 25.2 Å². The van der Waals surface area contributed by atoms with E-state index in [9.17, 15) is 4.79 Å². The Labute approximate surface area is 98.8 Å². The number of hydrogen-bond donors (Lipinski definition) is 2. The minimum absolute atomic E-state index is 0.0348. The third-order valence-corrected chi connectivity index (χ3v) is 3.40. The van der Waals surface area contributed by atoms with Crippen LogP contribution >= 0.6 is 11.5 Å². The Morgan fingerprint density at radius 1 is 1.62 bits per heavy atom. The molecule has 5 nitrogen and oxygen atoms in total. The quantitative estimate of drug-likeness (QED) is 0.818. The maximum Gasteiger partial charge on any atom is 0.265 e. The van der Waals surface area contributed by atoms with Crippen molar-refractivity contribution in [2.75, 3.05) is 13.1 Å². The van der Waals surface area contributed by atoms with Crippen molar-refractivity contribution in [3.8, 4) is 0 Å². The number of carbonyl (C=O) groups is 1. The van der Waals surface area contributed by atoms with Crippen LogP contribution in [0.2, 0.25) is 0 Å². The molecule has 1 aliphatic rings. The molecular formula is C10H16N4OS. The summed E-state index contributed by atoms with van der Waals surface area (Å²) < 4.78 is 3.85. The number of aromatic nitrogens is 2. The standard InChI is InChI=1S/C10H16N4OS/c1-6(2)8-9(16-14-13-8)10(15)12-7-3-4-11-5-7/h6-7,11H,3-5H2,1-2H3,(H,12,15)/t7-/m0/s1. The first-order chi connectivity index (χ1) is 7.68. The summed E-state index contributed by atoms with van der Waals surface area (Å²) in [6.07, 6.45) is 0.995. The second kappa shape index (κ2) is 4.88. The van der Waals surface area contributed by atoms with Gasteiger partial charge in [0.15, 0.2) is 0 Å². The third kappa shape index (κ3) is 2.38. The highest BCUT2D eigenvalue weighted by atomic mass is 32.1. The van der Waals surface area contributed by atoms with Gasteiger partial charge in [-0.15, -0.1) is 5.10 Å². The Hall–Kier alpha value is -1.01. The average molecular weight is 240 g/mol. The van der Waals surface area contributed by atoms with Gasteiger partial charge in [0, 0.05) is 12.6 Å². The van der Waals surface area contributed by atoms with Gasteiger partial charge in [0.05, 0.1) is 5.69 Å². The minimum Gasteiger partial charge on any atom is -0.347 e. The fraction of sp³-hybridized carbons (Fsp3) is 0.700. The molecule has 0 spiro atoms. The summed E-state index contributed by atoms with van der Waals surface area (Å²) in [7, 11) is 0. The molecule has 16 heavy (non-hydrogen) atoms. The number of hydrogen-bond acceptors (Lipinski definition) is 5. The van der Waals surface area contributed by atoms with E-state index in [0.29, 0.717) is 4.88 Å². The number of carbonyl (C=O) groups excluding carboxylic acids is 1. The van der Waals surface area contributed by atoms with E-state index < -0.39 is 0 Å². The SMILES string of the molecule is CC(C)c1nnsc1C(=O)N[C@H]1CCNC1. The summed E-state index contributed by atoms with van der Waals surface area (Å²) >= 11 is 1.18. The predicted octanol–water partition coefficient (Wildman–Crippen LogP) is 0.753. The largest absolute Gasteiger partial charge is 0.347 e. The van der Waals surface area contributed by atoms with Crippen molar-refractivity contribution < 1.29 is 4.79 Å². The Bertz CT molecular complexity index is 371. The predicted molar refractivity (Wildman–Crippen MR) is 62.7 cm³/mol. The fourth-order valence-electron chi connectivity index (χ4n) is 1.76. The number of rotatable bonds is 3. The van der Waals surface area contributed by atoms with Crippen molar-refractivity contribution in [2.24, 2.45) is 0 Å². The molecule has 0 unspecified atom stereocenters. The van der Waals surface area contributed by atoms with Crippen LogP contribution in [0.4, 0.5) is 0 Å². The molecule has 2 N–H and O–H groups in total. The normalized spacial score (nSPS) is 20.3. The van der Waals surface area contributed by atoms with E-state index in [-0.39, 0.29) is 17.9 Å². The summed E-state index contributed by atoms with van der Waals surface area (Å²) in [5.74, 6) is 0.202. The minimum atomic E-state index is -0.0348. The molecule has 1 atom stereocenters. The Kier molecular flexibility index (Phi) is 3.50. The lowest BCUT2D eigenvalue weighted by molar-refractivity contribution is 0.0942. The second-order valence-electron chi connectivity index (χ2n) is 4.31. The van der Waals surface area contributed by atoms with E-state index in [2.05, 4.69) is 20.2 Å². The fourth-order valence-corrected chi connectivity index (χ4v) is 2.48. The van der Waals surface area contributed by atoms with Crippen LogP contribution in [0.3, 0.4) is 0 Å². The summed E-state index contributed by atoms with van der Waals surface area (Å²) in [4.78, 5) is 12.6. The number of nitrogens with one attached hydrogen (secondary N) is 2. The molecule has 1 saturated heterocycles. The van der Waals surface area contributed by atoms with Crippen LogP contribution in [0.1, 0.15) is 41.6 Å². The number of amides is 1. The summed E-state index contributed by atoms with van der Waals surface area (Å²) in [6, 6.07) is 0.245. The summed E-state index contributed by atoms with van der Waals surface area (Å²) in [5, 5.41) is 10.2. The molecule has 2 rings (SSSR count). The highest BCUT2D eigenvalue weighted by Gasteiger charge is 2.22. The van der Waals surface area contributed by atoms with Crippen LogP contribution in [0, 0.1) is 0 Å². The van der Waals surface area contributed by atoms with Crippen LogP contribution in [0.15, 0.2) is 0 Å². The van der Waals surface area contributed by atoms with Crippen molar-refractivity contribution in [1.29, 1.82) is 0 Å². The van der Waals surface area contributed by atoms with Crippen LogP contribution in [-0.2, 0) is 0 Å². The van der Waals surface area contributed by atoms with Gasteiger partial charge in [-0.2, -0.15) is 0 Å². The molecule has 2 heterocycles. The molecule has 1 aromatic rings. The Morgan fingerprint density at radius 2 is 2.44 bits per heavy atom. The van der Waals surface area contributed by atoms with Crippen LogP contribution in [0.5, 0.6) is 0 Å². The molecule has 88 valence electrons. The van der Waals surface area contributed by atoms with Crippen LogP contribution in [0.25, 0.3) is 0 Å². The van der Waals surface area contributed by atoms with Crippen molar-refractivity contribution in [2.45, 2.75) is 32.2 Å². The molecule has 1 aliphatic heterocycles. The van der Waals surface area contributed by atoms with Crippen molar-refractivity contribution >= 4 is 17.4 Å². The van der Waals surface area contributed by atoms with Gasteiger partial charge < -0.3 is 10.6 Å². The van der Waals surface area contributed by atoms with Crippen LogP contribution in [-0.4, -0.2) is 34.6 Å². The molecule has 0 bridgehead atoms. The van der Waals surface area contributed by atoms with E-state index in [1.54, 1.807) is 0 Å². The zero-order valence-electron chi connectivity index (χ0n) is 9.49. The van der Waals surface area contributed by atoms with Gasteiger partial charge >= 0.3 is 0 Å². The lowest BCUT2D eigenvalue weighted by Crippen LogP contribution is -2.36. The van der Waals surface area contributed by atoms with Crippen LogP contribution < -0.4 is 10.6 Å². The lowest BCUT2D eigenvalue weighted by Gasteiger charge is -2.11. The smallest absolute Gasteiger partial charge is 0.265 e. The average Bonchev–Trinajstić information content (AvgIpc) is 2.86. The van der Waals surface area contributed by atoms with Gasteiger partial charge in [0.1, 0.15) is 4.88 Å². The van der Waals surface area contributed by atoms with Gasteiger partial charge in [-0.25, -0.2) is 0 Å². The van der Waals surface area contributed by atoms with E-state index >= 15 is 0 Å². The molecule has 1 amide bonds. The van der Waals surface area contributed by atoms with Crippen molar-refractivity contribution in [3.05, 3.63) is 10.6 Å². The maximum atomic E-state index is 12.0. The number of nitrogens with zero attached hydrogens (tertiary/aromatic N) is 2. The van der Waals surface area contributed by atoms with Gasteiger partial charge in [-0.05, 0) is 30.4 Å². The zero-order chi connectivity index (χ0) is 11.5. The molecule has 0 aromatic carbocycles. The lowest BCUT2D eigenvalue weighted by atomic mass is 10.1. The Balaban J connectivity index is 2.05. The molecular weight excluding hydrogens is 224 g/mol. The second-order valence-corrected chi connectivity index (χ2v) is 5.06. The molecule has 0 radical (unpaired) electrons. The maximum absolute atomic E-state index is 12.0. The molecule has 1 aromatic heterocycles. The summed E-state index contributed by atoms with van der Waals surface area (Å²) in [5.41, 5.74) is 0.799. The molecule has 6 heteroatoms. The topological polar surface area (TPSA) is 66.9 Å². The molecule has 0 saturated carbocycles. The van der Waals surface area contributed by atoms with Gasteiger partial charge in [-0.1, -0.05) is 18.3 Å². The molecule has 1 fully saturated rings. The summed E-state index contributed by atoms with van der Waals surface area (Å²) in [6.45, 7) is 5.87. The van der Waals surface area contributed by atoms with E-state index in [1.165, 1.54) is 11.5 Å². The highest BCUT2D eigenvalue weighted by molar-refractivity contribution is 7.08. The van der Waals surface area contributed by atoms with Gasteiger partial charge in [0.25, 0.3) is 5.91 Å². The first-order valence-corrected chi connectivity index (χ1v) is 6.29. The van der Waals surface area contributed by atoms with Crippen molar-refractivity contribution in [3.63, 3.8) is 0 Å². The Morgan fingerprint density at radius 3 is 3.06 bits per heavy atom.